The van der Waals surface area contributed by atoms with Crippen LogP contribution in [-0.4, -0.2) is 12.6 Å². The molecule has 0 bridgehead atoms. The molecule has 0 aliphatic heterocycles. The fourth-order valence-corrected chi connectivity index (χ4v) is 2.26. The fourth-order valence-electron chi connectivity index (χ4n) is 2.26. The van der Waals surface area contributed by atoms with Crippen LogP contribution < -0.4 is 4.74 Å². The van der Waals surface area contributed by atoms with Gasteiger partial charge in [0.25, 0.3) is 0 Å². The maximum atomic E-state index is 12.0. The van der Waals surface area contributed by atoms with Crippen molar-refractivity contribution >= 4 is 5.97 Å². The summed E-state index contributed by atoms with van der Waals surface area (Å²) >= 11 is 0. The topological polar surface area (TPSA) is 35.5 Å². The Labute approximate surface area is 151 Å². The van der Waals surface area contributed by atoms with E-state index in [1.54, 1.807) is 0 Å². The van der Waals surface area contributed by atoms with Crippen LogP contribution in [0.15, 0.2) is 48.5 Å². The van der Waals surface area contributed by atoms with Crippen LogP contribution in [0.25, 0.3) is 0 Å². The first-order valence-electron chi connectivity index (χ1n) is 8.81. The minimum absolute atomic E-state index is 0.129. The van der Waals surface area contributed by atoms with Crippen molar-refractivity contribution < 1.29 is 14.3 Å². The Kier molecular flexibility index (Phi) is 6.63. The van der Waals surface area contributed by atoms with E-state index in [1.807, 2.05) is 36.4 Å². The Bertz CT molecular complexity index is 664. The van der Waals surface area contributed by atoms with Crippen LogP contribution in [-0.2, 0) is 29.0 Å². The summed E-state index contributed by atoms with van der Waals surface area (Å²) < 4.78 is 11.1. The fraction of sp³-hybridized carbons (Fsp3) is 0.409. The third-order valence-electron chi connectivity index (χ3n) is 3.77. The zero-order valence-electron chi connectivity index (χ0n) is 15.7. The van der Waals surface area contributed by atoms with Gasteiger partial charge in [-0.2, -0.15) is 0 Å². The zero-order chi connectivity index (χ0) is 18.3. The molecule has 0 heterocycles. The molecule has 2 rings (SSSR count). The second-order valence-electron chi connectivity index (χ2n) is 7.50. The summed E-state index contributed by atoms with van der Waals surface area (Å²) in [7, 11) is 0. The van der Waals surface area contributed by atoms with Gasteiger partial charge in [-0.3, -0.25) is 4.79 Å². The highest BCUT2D eigenvalue weighted by Crippen LogP contribution is 2.18. The molecule has 0 fully saturated rings. The first-order chi connectivity index (χ1) is 11.9. The van der Waals surface area contributed by atoms with Crippen molar-refractivity contribution in [3.63, 3.8) is 0 Å². The van der Waals surface area contributed by atoms with Crippen molar-refractivity contribution in [1.29, 1.82) is 0 Å². The van der Waals surface area contributed by atoms with E-state index >= 15 is 0 Å². The molecule has 134 valence electrons. The molecule has 0 saturated heterocycles. The molecule has 2 aromatic rings. The summed E-state index contributed by atoms with van der Waals surface area (Å²) in [6.45, 7) is 9.47. The molecule has 0 atom stereocenters. The number of rotatable bonds is 7. The lowest BCUT2D eigenvalue weighted by molar-refractivity contribution is -0.144. The lowest BCUT2D eigenvalue weighted by Crippen LogP contribution is -2.16. The average molecular weight is 340 g/mol. The third kappa shape index (κ3) is 7.00. The van der Waals surface area contributed by atoms with E-state index in [0.717, 1.165) is 23.3 Å². The zero-order valence-corrected chi connectivity index (χ0v) is 15.7. The van der Waals surface area contributed by atoms with Crippen LogP contribution in [0.2, 0.25) is 0 Å². The highest BCUT2D eigenvalue weighted by atomic mass is 16.5. The van der Waals surface area contributed by atoms with Crippen molar-refractivity contribution in [2.24, 2.45) is 5.41 Å². The minimum Gasteiger partial charge on any atom is -0.493 e. The predicted octanol–water partition coefficient (Wildman–Crippen LogP) is 4.96. The quantitative estimate of drug-likeness (QED) is 0.668. The third-order valence-corrected chi connectivity index (χ3v) is 3.77. The first kappa shape index (κ1) is 19.0. The number of aryl methyl sites for hydroxylation is 1. The average Bonchev–Trinajstić information content (AvgIpc) is 2.59. The number of hydrogen-bond donors (Lipinski definition) is 0. The Morgan fingerprint density at radius 1 is 0.880 bits per heavy atom. The second-order valence-corrected chi connectivity index (χ2v) is 7.50. The Morgan fingerprint density at radius 3 is 2.00 bits per heavy atom. The normalized spacial score (nSPS) is 11.2. The van der Waals surface area contributed by atoms with Gasteiger partial charge in [-0.15, -0.1) is 0 Å². The van der Waals surface area contributed by atoms with E-state index in [2.05, 4.69) is 39.8 Å². The summed E-state index contributed by atoms with van der Waals surface area (Å²) in [5.74, 6) is 0.623. The Morgan fingerprint density at radius 2 is 1.44 bits per heavy atom. The molecular formula is C22H28O3. The maximum Gasteiger partial charge on any atom is 0.310 e. The number of esters is 1. The van der Waals surface area contributed by atoms with Gasteiger partial charge in [0.2, 0.25) is 0 Å². The second kappa shape index (κ2) is 8.70. The van der Waals surface area contributed by atoms with Crippen molar-refractivity contribution in [2.45, 2.75) is 47.1 Å². The summed E-state index contributed by atoms with van der Waals surface area (Å²) in [6, 6.07) is 15.8. The van der Waals surface area contributed by atoms with Gasteiger partial charge in [0.15, 0.2) is 0 Å². The van der Waals surface area contributed by atoms with E-state index in [-0.39, 0.29) is 18.0 Å². The molecule has 25 heavy (non-hydrogen) atoms. The Hall–Kier alpha value is -2.29. The van der Waals surface area contributed by atoms with Crippen molar-refractivity contribution in [1.82, 2.24) is 0 Å². The van der Waals surface area contributed by atoms with Gasteiger partial charge in [0.1, 0.15) is 12.4 Å². The van der Waals surface area contributed by atoms with Gasteiger partial charge in [-0.25, -0.2) is 0 Å². The summed E-state index contributed by atoms with van der Waals surface area (Å²) in [4.78, 5) is 12.0. The van der Waals surface area contributed by atoms with Gasteiger partial charge < -0.3 is 9.47 Å². The maximum absolute atomic E-state index is 12.0. The van der Waals surface area contributed by atoms with Crippen LogP contribution in [0.4, 0.5) is 0 Å². The van der Waals surface area contributed by atoms with Crippen LogP contribution in [0.1, 0.15) is 44.4 Å². The predicted molar refractivity (Wildman–Crippen MR) is 101 cm³/mol. The molecule has 0 N–H and O–H groups in total. The van der Waals surface area contributed by atoms with Gasteiger partial charge in [0, 0.05) is 0 Å². The largest absolute Gasteiger partial charge is 0.493 e. The molecular weight excluding hydrogens is 312 g/mol. The van der Waals surface area contributed by atoms with E-state index in [1.165, 1.54) is 5.56 Å². The summed E-state index contributed by atoms with van der Waals surface area (Å²) in [5.41, 5.74) is 3.33. The number of carbonyl (C=O) groups excluding carboxylic acids is 1. The van der Waals surface area contributed by atoms with Gasteiger partial charge in [0.05, 0.1) is 13.0 Å². The van der Waals surface area contributed by atoms with Gasteiger partial charge in [-0.1, -0.05) is 64.1 Å². The first-order valence-corrected chi connectivity index (χ1v) is 8.81. The van der Waals surface area contributed by atoms with Crippen LogP contribution in [0.5, 0.6) is 5.75 Å². The van der Waals surface area contributed by atoms with E-state index in [4.69, 9.17) is 9.47 Å². The molecule has 0 saturated carbocycles. The molecule has 0 spiro atoms. The highest BCUT2D eigenvalue weighted by Gasteiger charge is 2.11. The van der Waals surface area contributed by atoms with E-state index < -0.39 is 0 Å². The smallest absolute Gasteiger partial charge is 0.310 e. The van der Waals surface area contributed by atoms with Crippen molar-refractivity contribution in [3.8, 4) is 5.75 Å². The monoisotopic (exact) mass is 340 g/mol. The standard InChI is InChI=1S/C22H28O3/c1-5-17-6-8-18(9-7-17)14-21(23)24-15-19-10-12-20(13-11-19)25-16-22(2,3)4/h6-13H,5,14-16H2,1-4H3. The molecule has 3 heteroatoms. The van der Waals surface area contributed by atoms with Crippen LogP contribution in [0.3, 0.4) is 0 Å². The number of hydrogen-bond acceptors (Lipinski definition) is 3. The molecule has 0 aliphatic rings. The number of benzene rings is 2. The molecule has 0 aliphatic carbocycles. The van der Waals surface area contributed by atoms with Crippen LogP contribution in [0, 0.1) is 5.41 Å². The molecule has 3 nitrogen and oxygen atoms in total. The van der Waals surface area contributed by atoms with E-state index in [9.17, 15) is 4.79 Å². The summed E-state index contributed by atoms with van der Waals surface area (Å²) in [5, 5.41) is 0. The van der Waals surface area contributed by atoms with Crippen molar-refractivity contribution in [2.75, 3.05) is 6.61 Å². The van der Waals surface area contributed by atoms with Gasteiger partial charge >= 0.3 is 5.97 Å². The lowest BCUT2D eigenvalue weighted by Gasteiger charge is -2.18. The van der Waals surface area contributed by atoms with Gasteiger partial charge in [-0.05, 0) is 40.7 Å². The molecule has 0 amide bonds. The lowest BCUT2D eigenvalue weighted by atomic mass is 9.99. The van der Waals surface area contributed by atoms with E-state index in [0.29, 0.717) is 13.0 Å². The SMILES string of the molecule is CCc1ccc(CC(=O)OCc2ccc(OCC(C)(C)C)cc2)cc1. The van der Waals surface area contributed by atoms with Crippen LogP contribution >= 0.6 is 0 Å². The summed E-state index contributed by atoms with van der Waals surface area (Å²) in [6.07, 6.45) is 1.30. The van der Waals surface area contributed by atoms with Crippen molar-refractivity contribution in [3.05, 3.63) is 65.2 Å². The molecule has 0 radical (unpaired) electrons. The number of carbonyl (C=O) groups is 1. The molecule has 0 aromatic heterocycles. The molecule has 2 aromatic carbocycles. The highest BCUT2D eigenvalue weighted by molar-refractivity contribution is 5.72. The Balaban J connectivity index is 1.79. The number of ether oxygens (including phenoxy) is 2. The minimum atomic E-state index is -0.211. The molecule has 0 unspecified atom stereocenters.